The van der Waals surface area contributed by atoms with Crippen molar-refractivity contribution in [3.05, 3.63) is 58.1 Å². The Balaban J connectivity index is 1.90. The lowest BCUT2D eigenvalue weighted by molar-refractivity contribution is 0.600. The number of nitrogens with one attached hydrogen (secondary N) is 1. The molecule has 2 heterocycles. The van der Waals surface area contributed by atoms with Gasteiger partial charge in [0.1, 0.15) is 4.90 Å². The molecule has 0 atom stereocenters. The number of aryl methyl sites for hydroxylation is 2. The van der Waals surface area contributed by atoms with Crippen molar-refractivity contribution in [3.63, 3.8) is 0 Å². The summed E-state index contributed by atoms with van der Waals surface area (Å²) in [5.74, 6) is 0. The van der Waals surface area contributed by atoms with Gasteiger partial charge in [0.25, 0.3) is 10.0 Å². The fourth-order valence-corrected chi connectivity index (χ4v) is 4.20. The van der Waals surface area contributed by atoms with Gasteiger partial charge in [0.2, 0.25) is 0 Å². The molecule has 7 nitrogen and oxygen atoms in total. The largest absolute Gasteiger partial charge is 0.276 e. The Morgan fingerprint density at radius 3 is 2.35 bits per heavy atom. The van der Waals surface area contributed by atoms with Crippen LogP contribution in [0.1, 0.15) is 22.6 Å². The van der Waals surface area contributed by atoms with Crippen LogP contribution in [0.15, 0.2) is 35.4 Å². The van der Waals surface area contributed by atoms with Gasteiger partial charge in [-0.05, 0) is 38.5 Å². The molecule has 0 saturated heterocycles. The summed E-state index contributed by atoms with van der Waals surface area (Å²) < 4.78 is 31.4. The van der Waals surface area contributed by atoms with E-state index in [1.807, 2.05) is 31.2 Å². The average molecular weight is 394 g/mol. The van der Waals surface area contributed by atoms with Gasteiger partial charge in [-0.1, -0.05) is 23.7 Å². The summed E-state index contributed by atoms with van der Waals surface area (Å²) in [5, 5.41) is 9.14. The van der Waals surface area contributed by atoms with Gasteiger partial charge in [0.05, 0.1) is 35.5 Å². The molecule has 0 aliphatic heterocycles. The third-order valence-corrected chi connectivity index (χ3v) is 6.05. The zero-order chi connectivity index (χ0) is 19.1. The maximum Gasteiger partial charge on any atom is 0.265 e. The summed E-state index contributed by atoms with van der Waals surface area (Å²) >= 11 is 5.91. The number of rotatable bonds is 5. The topological polar surface area (TPSA) is 81.8 Å². The molecule has 0 unspecified atom stereocenters. The summed E-state index contributed by atoms with van der Waals surface area (Å²) in [5.41, 5.74) is 3.44. The van der Waals surface area contributed by atoms with E-state index in [1.54, 1.807) is 25.6 Å². The molecule has 0 saturated carbocycles. The minimum Gasteiger partial charge on any atom is -0.276 e. The molecular formula is C17H20ClN5O2S. The lowest BCUT2D eigenvalue weighted by Gasteiger charge is -2.09. The van der Waals surface area contributed by atoms with Crippen molar-refractivity contribution < 1.29 is 8.42 Å². The molecule has 138 valence electrons. The molecule has 1 aromatic carbocycles. The van der Waals surface area contributed by atoms with Crippen molar-refractivity contribution in [1.82, 2.24) is 19.6 Å². The SMILES string of the molecule is Cc1nn(Cc2ccc(Cl)cc2)c(C)c1NS(=O)(=O)c1cnn(C)c1C. The highest BCUT2D eigenvalue weighted by Gasteiger charge is 2.23. The third-order valence-electron chi connectivity index (χ3n) is 4.34. The lowest BCUT2D eigenvalue weighted by Crippen LogP contribution is -2.15. The average Bonchev–Trinajstić information content (AvgIpc) is 3.04. The maximum atomic E-state index is 12.7. The highest BCUT2D eigenvalue weighted by Crippen LogP contribution is 2.25. The molecule has 1 N–H and O–H groups in total. The van der Waals surface area contributed by atoms with Gasteiger partial charge in [0, 0.05) is 12.1 Å². The van der Waals surface area contributed by atoms with E-state index in [9.17, 15) is 8.42 Å². The van der Waals surface area contributed by atoms with Gasteiger partial charge in [-0.2, -0.15) is 10.2 Å². The van der Waals surface area contributed by atoms with Crippen molar-refractivity contribution >= 4 is 27.3 Å². The predicted molar refractivity (Wildman–Crippen MR) is 101 cm³/mol. The molecule has 3 rings (SSSR count). The molecule has 0 radical (unpaired) electrons. The zero-order valence-electron chi connectivity index (χ0n) is 15.0. The molecule has 26 heavy (non-hydrogen) atoms. The number of aromatic nitrogens is 4. The number of halogens is 1. The van der Waals surface area contributed by atoms with Crippen LogP contribution in [-0.4, -0.2) is 28.0 Å². The molecule has 0 aliphatic rings. The Bertz CT molecular complexity index is 1050. The van der Waals surface area contributed by atoms with Crippen LogP contribution in [-0.2, 0) is 23.6 Å². The molecule has 0 amide bonds. The van der Waals surface area contributed by atoms with Crippen molar-refractivity contribution in [2.45, 2.75) is 32.2 Å². The van der Waals surface area contributed by atoms with Gasteiger partial charge in [0.15, 0.2) is 0 Å². The van der Waals surface area contributed by atoms with Crippen LogP contribution >= 0.6 is 11.6 Å². The molecule has 2 aromatic heterocycles. The highest BCUT2D eigenvalue weighted by molar-refractivity contribution is 7.92. The fraction of sp³-hybridized carbons (Fsp3) is 0.294. The minimum atomic E-state index is -3.74. The van der Waals surface area contributed by atoms with Crippen LogP contribution in [0.25, 0.3) is 0 Å². The van der Waals surface area contributed by atoms with E-state index in [-0.39, 0.29) is 4.90 Å². The summed E-state index contributed by atoms with van der Waals surface area (Å²) in [6.45, 7) is 5.85. The van der Waals surface area contributed by atoms with E-state index >= 15 is 0 Å². The van der Waals surface area contributed by atoms with Gasteiger partial charge < -0.3 is 0 Å². The number of sulfonamides is 1. The summed E-state index contributed by atoms with van der Waals surface area (Å²) in [6.07, 6.45) is 1.35. The van der Waals surface area contributed by atoms with Crippen molar-refractivity contribution in [3.8, 4) is 0 Å². The molecule has 3 aromatic rings. The van der Waals surface area contributed by atoms with Crippen molar-refractivity contribution in [2.75, 3.05) is 4.72 Å². The third kappa shape index (κ3) is 3.47. The summed E-state index contributed by atoms with van der Waals surface area (Å²) in [4.78, 5) is 0.157. The number of nitrogens with zero attached hydrogens (tertiary/aromatic N) is 4. The first-order chi connectivity index (χ1) is 12.2. The first-order valence-electron chi connectivity index (χ1n) is 7.99. The van der Waals surface area contributed by atoms with Crippen LogP contribution in [0.2, 0.25) is 5.02 Å². The molecule has 0 spiro atoms. The number of benzene rings is 1. The van der Waals surface area contributed by atoms with Crippen LogP contribution in [0.4, 0.5) is 5.69 Å². The second-order valence-electron chi connectivity index (χ2n) is 6.15. The molecular weight excluding hydrogens is 374 g/mol. The van der Waals surface area contributed by atoms with E-state index in [0.29, 0.717) is 28.6 Å². The van der Waals surface area contributed by atoms with Crippen LogP contribution in [0, 0.1) is 20.8 Å². The highest BCUT2D eigenvalue weighted by atomic mass is 35.5. The lowest BCUT2D eigenvalue weighted by atomic mass is 10.2. The van der Waals surface area contributed by atoms with Crippen LogP contribution < -0.4 is 4.72 Å². The smallest absolute Gasteiger partial charge is 0.265 e. The van der Waals surface area contributed by atoms with E-state index in [1.165, 1.54) is 10.9 Å². The Kier molecular flexibility index (Phi) is 4.81. The van der Waals surface area contributed by atoms with E-state index < -0.39 is 10.0 Å². The van der Waals surface area contributed by atoms with Crippen molar-refractivity contribution in [1.29, 1.82) is 0 Å². The maximum absolute atomic E-state index is 12.7. The predicted octanol–water partition coefficient (Wildman–Crippen LogP) is 3.04. The number of hydrogen-bond donors (Lipinski definition) is 1. The first kappa shape index (κ1) is 18.5. The van der Waals surface area contributed by atoms with Gasteiger partial charge >= 0.3 is 0 Å². The normalized spacial score (nSPS) is 11.7. The fourth-order valence-electron chi connectivity index (χ4n) is 2.69. The van der Waals surface area contributed by atoms with Crippen LogP contribution in [0.5, 0.6) is 0 Å². The second-order valence-corrected chi connectivity index (χ2v) is 8.24. The van der Waals surface area contributed by atoms with E-state index in [0.717, 1.165) is 11.3 Å². The molecule has 9 heteroatoms. The Morgan fingerprint density at radius 2 is 1.77 bits per heavy atom. The van der Waals surface area contributed by atoms with Gasteiger partial charge in [-0.25, -0.2) is 8.42 Å². The molecule has 0 bridgehead atoms. The van der Waals surface area contributed by atoms with Gasteiger partial charge in [-0.3, -0.25) is 14.1 Å². The van der Waals surface area contributed by atoms with Gasteiger partial charge in [-0.15, -0.1) is 0 Å². The standard InChI is InChI=1S/C17H20ClN5O2S/c1-11-17(21-26(24,25)16-9-19-22(4)12(16)2)13(3)23(20-11)10-14-5-7-15(18)8-6-14/h5-9,21H,10H2,1-4H3. The van der Waals surface area contributed by atoms with Crippen molar-refractivity contribution in [2.24, 2.45) is 7.05 Å². The van der Waals surface area contributed by atoms with Crippen LogP contribution in [0.3, 0.4) is 0 Å². The summed E-state index contributed by atoms with van der Waals surface area (Å²) in [7, 11) is -2.03. The van der Waals surface area contributed by atoms with E-state index in [2.05, 4.69) is 14.9 Å². The minimum absolute atomic E-state index is 0.157. The Labute approximate surface area is 157 Å². The zero-order valence-corrected chi connectivity index (χ0v) is 16.6. The van der Waals surface area contributed by atoms with E-state index in [4.69, 9.17) is 11.6 Å². The first-order valence-corrected chi connectivity index (χ1v) is 9.85. The summed E-state index contributed by atoms with van der Waals surface area (Å²) in [6, 6.07) is 7.47. The second kappa shape index (κ2) is 6.77. The Hall–Kier alpha value is -2.32. The molecule has 0 fully saturated rings. The quantitative estimate of drug-likeness (QED) is 0.722. The molecule has 0 aliphatic carbocycles. The monoisotopic (exact) mass is 393 g/mol. The Morgan fingerprint density at radius 1 is 1.12 bits per heavy atom. The number of hydrogen-bond acceptors (Lipinski definition) is 4. The number of anilines is 1.